The third kappa shape index (κ3) is 5.46. The number of rotatable bonds is 8. The van der Waals surface area contributed by atoms with Gasteiger partial charge in [-0.25, -0.2) is 0 Å². The van der Waals surface area contributed by atoms with Crippen LogP contribution in [0, 0.1) is 6.92 Å². The molecule has 172 valence electrons. The summed E-state index contributed by atoms with van der Waals surface area (Å²) < 4.78 is 0. The molecule has 0 radical (unpaired) electrons. The Morgan fingerprint density at radius 1 is 1.09 bits per heavy atom. The highest BCUT2D eigenvalue weighted by Gasteiger charge is 2.17. The molecule has 3 heterocycles. The molecule has 0 aliphatic carbocycles. The van der Waals surface area contributed by atoms with Gasteiger partial charge in [0, 0.05) is 47.2 Å². The molecular weight excluding hydrogens is 428 g/mol. The Morgan fingerprint density at radius 3 is 2.73 bits per heavy atom. The highest BCUT2D eigenvalue weighted by atomic mass is 32.1. The van der Waals surface area contributed by atoms with E-state index in [0.717, 1.165) is 42.0 Å². The molecule has 2 aliphatic heterocycles. The van der Waals surface area contributed by atoms with Crippen molar-refractivity contribution in [2.75, 3.05) is 31.5 Å². The number of carbonyl (C=O) groups excluding carboxylic acids is 1. The zero-order chi connectivity index (χ0) is 22.6. The van der Waals surface area contributed by atoms with Crippen molar-refractivity contribution >= 4 is 22.9 Å². The maximum Gasteiger partial charge on any atom is 0.251 e. The van der Waals surface area contributed by atoms with Gasteiger partial charge in [0.2, 0.25) is 0 Å². The lowest BCUT2D eigenvalue weighted by atomic mass is 10.1. The van der Waals surface area contributed by atoms with Crippen LogP contribution in [-0.2, 0) is 13.1 Å². The number of likely N-dealkylation sites (tertiary alicyclic amines) is 1. The van der Waals surface area contributed by atoms with Gasteiger partial charge in [-0.3, -0.25) is 9.69 Å². The molecule has 0 saturated carbocycles. The second-order valence-corrected chi connectivity index (χ2v) is 10.3. The van der Waals surface area contributed by atoms with E-state index >= 15 is 0 Å². The van der Waals surface area contributed by atoms with Crippen LogP contribution in [0.3, 0.4) is 0 Å². The molecule has 6 heteroatoms. The Kier molecular flexibility index (Phi) is 6.76. The molecule has 1 aromatic heterocycles. The van der Waals surface area contributed by atoms with Crippen LogP contribution in [0.2, 0.25) is 0 Å². The summed E-state index contributed by atoms with van der Waals surface area (Å²) in [7, 11) is 0. The van der Waals surface area contributed by atoms with E-state index in [2.05, 4.69) is 57.2 Å². The van der Waals surface area contributed by atoms with Crippen LogP contribution in [-0.4, -0.2) is 43.0 Å². The number of hydrogen-bond acceptors (Lipinski definition) is 5. The van der Waals surface area contributed by atoms with Gasteiger partial charge < -0.3 is 16.0 Å². The molecule has 5 rings (SSSR count). The van der Waals surface area contributed by atoms with Crippen LogP contribution in [0.15, 0.2) is 54.6 Å². The van der Waals surface area contributed by atoms with Crippen molar-refractivity contribution < 1.29 is 4.79 Å². The summed E-state index contributed by atoms with van der Waals surface area (Å²) in [5.74, 6) is -0.0303. The summed E-state index contributed by atoms with van der Waals surface area (Å²) in [6.07, 6.45) is 2.65. The van der Waals surface area contributed by atoms with Gasteiger partial charge in [-0.2, -0.15) is 0 Å². The molecule has 0 bridgehead atoms. The van der Waals surface area contributed by atoms with E-state index in [4.69, 9.17) is 0 Å². The number of amides is 1. The molecule has 3 aromatic rings. The lowest BCUT2D eigenvalue weighted by Crippen LogP contribution is -2.51. The maximum absolute atomic E-state index is 12.9. The quantitative estimate of drug-likeness (QED) is 0.459. The molecular formula is C27H32N4OS. The highest BCUT2D eigenvalue weighted by molar-refractivity contribution is 7.15. The Bertz CT molecular complexity index is 1110. The molecule has 33 heavy (non-hydrogen) atoms. The number of nitrogens with one attached hydrogen (secondary N) is 3. The minimum atomic E-state index is -0.0303. The molecule has 2 aromatic carbocycles. The highest BCUT2D eigenvalue weighted by Crippen LogP contribution is 2.30. The Balaban J connectivity index is 1.22. The lowest BCUT2D eigenvalue weighted by Gasteiger charge is -2.29. The topological polar surface area (TPSA) is 56.4 Å². The summed E-state index contributed by atoms with van der Waals surface area (Å²) in [6.45, 7) is 7.94. The van der Waals surface area contributed by atoms with Gasteiger partial charge in [0.25, 0.3) is 5.91 Å². The molecule has 2 aliphatic rings. The number of carbonyl (C=O) groups is 1. The van der Waals surface area contributed by atoms with E-state index < -0.39 is 0 Å². The SMILES string of the molecule is Cc1ccc(NC2CNC2)cc1C(=O)NCc1cccc(-c2ccc(CN3CCCC3)s2)c1. The van der Waals surface area contributed by atoms with E-state index in [-0.39, 0.29) is 5.91 Å². The average Bonchev–Trinajstić information content (AvgIpc) is 3.48. The molecule has 0 spiro atoms. The first-order valence-corrected chi connectivity index (χ1v) is 12.7. The summed E-state index contributed by atoms with van der Waals surface area (Å²) in [5, 5.41) is 9.85. The number of hydrogen-bond donors (Lipinski definition) is 3. The zero-order valence-electron chi connectivity index (χ0n) is 19.2. The molecule has 2 saturated heterocycles. The van der Waals surface area contributed by atoms with Crippen molar-refractivity contribution in [1.29, 1.82) is 0 Å². The largest absolute Gasteiger partial charge is 0.380 e. The standard InChI is InChI=1S/C27H32N4OS/c1-19-7-8-22(30-23-16-28-17-23)14-25(19)27(32)29-15-20-5-4-6-21(13-20)26-10-9-24(33-26)18-31-11-2-3-12-31/h4-10,13-14,23,28,30H,2-3,11-12,15-18H2,1H3,(H,29,32). The summed E-state index contributed by atoms with van der Waals surface area (Å²) >= 11 is 1.88. The molecule has 1 amide bonds. The fraction of sp³-hybridized carbons (Fsp3) is 0.370. The predicted octanol–water partition coefficient (Wildman–Crippen LogP) is 4.63. The average molecular weight is 461 g/mol. The minimum absolute atomic E-state index is 0.0303. The van der Waals surface area contributed by atoms with Crippen molar-refractivity contribution in [1.82, 2.24) is 15.5 Å². The lowest BCUT2D eigenvalue weighted by molar-refractivity contribution is 0.0950. The normalized spacial score (nSPS) is 16.5. The number of thiophene rings is 1. The monoisotopic (exact) mass is 460 g/mol. The number of anilines is 1. The molecule has 0 atom stereocenters. The maximum atomic E-state index is 12.9. The fourth-order valence-electron chi connectivity index (χ4n) is 4.47. The third-order valence-corrected chi connectivity index (χ3v) is 7.66. The van der Waals surface area contributed by atoms with Crippen LogP contribution < -0.4 is 16.0 Å². The van der Waals surface area contributed by atoms with Gasteiger partial charge in [0.05, 0.1) is 6.04 Å². The van der Waals surface area contributed by atoms with Crippen LogP contribution in [0.1, 0.15) is 39.2 Å². The van der Waals surface area contributed by atoms with E-state index in [0.29, 0.717) is 12.6 Å². The predicted molar refractivity (Wildman–Crippen MR) is 137 cm³/mol. The van der Waals surface area contributed by atoms with Gasteiger partial charge in [0.15, 0.2) is 0 Å². The van der Waals surface area contributed by atoms with Crippen LogP contribution in [0.5, 0.6) is 0 Å². The van der Waals surface area contributed by atoms with Crippen molar-refractivity contribution in [2.24, 2.45) is 0 Å². The third-order valence-electron chi connectivity index (χ3n) is 6.54. The number of benzene rings is 2. The second-order valence-electron chi connectivity index (χ2n) is 9.16. The van der Waals surface area contributed by atoms with Crippen LogP contribution in [0.4, 0.5) is 5.69 Å². The van der Waals surface area contributed by atoms with Gasteiger partial charge >= 0.3 is 0 Å². The van der Waals surface area contributed by atoms with Gasteiger partial charge in [-0.1, -0.05) is 24.3 Å². The number of nitrogens with zero attached hydrogens (tertiary/aromatic N) is 1. The molecule has 3 N–H and O–H groups in total. The van der Waals surface area contributed by atoms with Gasteiger partial charge in [-0.05, 0) is 79.9 Å². The first-order chi connectivity index (χ1) is 16.1. The Morgan fingerprint density at radius 2 is 1.94 bits per heavy atom. The zero-order valence-corrected chi connectivity index (χ0v) is 20.0. The smallest absolute Gasteiger partial charge is 0.251 e. The summed E-state index contributed by atoms with van der Waals surface area (Å²) in [5.41, 5.74) is 5.05. The molecule has 0 unspecified atom stereocenters. The van der Waals surface area contributed by atoms with E-state index in [9.17, 15) is 4.79 Å². The van der Waals surface area contributed by atoms with Crippen LogP contribution in [0.25, 0.3) is 10.4 Å². The second kappa shape index (κ2) is 10.1. The van der Waals surface area contributed by atoms with Crippen molar-refractivity contribution in [3.05, 3.63) is 76.2 Å². The fourth-order valence-corrected chi connectivity index (χ4v) is 5.52. The van der Waals surface area contributed by atoms with Crippen molar-refractivity contribution in [3.8, 4) is 10.4 Å². The summed E-state index contributed by atoms with van der Waals surface area (Å²) in [6, 6.07) is 19.5. The Hall–Kier alpha value is -2.67. The van der Waals surface area contributed by atoms with E-state index in [1.54, 1.807) is 0 Å². The van der Waals surface area contributed by atoms with E-state index in [1.807, 2.05) is 36.5 Å². The molecule has 2 fully saturated rings. The first kappa shape index (κ1) is 22.1. The molecule has 5 nitrogen and oxygen atoms in total. The van der Waals surface area contributed by atoms with Crippen molar-refractivity contribution in [3.63, 3.8) is 0 Å². The first-order valence-electron chi connectivity index (χ1n) is 11.9. The van der Waals surface area contributed by atoms with Crippen molar-refractivity contribution in [2.45, 2.75) is 38.9 Å². The van der Waals surface area contributed by atoms with Gasteiger partial charge in [0.1, 0.15) is 0 Å². The van der Waals surface area contributed by atoms with Crippen LogP contribution >= 0.6 is 11.3 Å². The Labute approximate surface area is 200 Å². The minimum Gasteiger partial charge on any atom is -0.380 e. The van der Waals surface area contributed by atoms with E-state index in [1.165, 1.54) is 41.2 Å². The summed E-state index contributed by atoms with van der Waals surface area (Å²) in [4.78, 5) is 18.2. The number of aryl methyl sites for hydroxylation is 1. The van der Waals surface area contributed by atoms with Gasteiger partial charge in [-0.15, -0.1) is 11.3 Å².